The number of nitrogens with zero attached hydrogens (tertiary/aromatic N) is 1. The molecule has 1 unspecified atom stereocenters. The van der Waals surface area contributed by atoms with Crippen molar-refractivity contribution >= 4 is 22.7 Å². The van der Waals surface area contributed by atoms with Gasteiger partial charge in [-0.25, -0.2) is 4.98 Å². The third kappa shape index (κ3) is 2.45. The van der Waals surface area contributed by atoms with E-state index in [4.69, 9.17) is 0 Å². The third-order valence-corrected chi connectivity index (χ3v) is 4.03. The Bertz CT molecular complexity index is 447. The average molecular weight is 239 g/mol. The molecule has 0 spiro atoms. The molecule has 0 aliphatic carbocycles. The van der Waals surface area contributed by atoms with Crippen molar-refractivity contribution in [1.82, 2.24) is 4.98 Å². The van der Waals surface area contributed by atoms with Crippen molar-refractivity contribution in [3.05, 3.63) is 38.0 Å². The van der Waals surface area contributed by atoms with Crippen molar-refractivity contribution in [2.45, 2.75) is 26.4 Å². The van der Waals surface area contributed by atoms with Crippen molar-refractivity contribution in [3.63, 3.8) is 0 Å². The van der Waals surface area contributed by atoms with E-state index in [9.17, 15) is 5.11 Å². The van der Waals surface area contributed by atoms with Gasteiger partial charge in [-0.2, -0.15) is 11.3 Å². The first-order valence-corrected chi connectivity index (χ1v) is 6.61. The molecule has 2 aromatic rings. The molecule has 1 atom stereocenters. The zero-order valence-electron chi connectivity index (χ0n) is 8.73. The highest BCUT2D eigenvalue weighted by Gasteiger charge is 2.13. The Kier molecular flexibility index (Phi) is 3.19. The lowest BCUT2D eigenvalue weighted by Gasteiger charge is -2.08. The molecular weight excluding hydrogens is 226 g/mol. The normalized spacial score (nSPS) is 13.0. The number of hydrogen-bond donors (Lipinski definition) is 1. The van der Waals surface area contributed by atoms with Gasteiger partial charge >= 0.3 is 0 Å². The quantitative estimate of drug-likeness (QED) is 0.893. The van der Waals surface area contributed by atoms with Crippen LogP contribution in [0.2, 0.25) is 0 Å². The maximum atomic E-state index is 10.0. The molecule has 2 nitrogen and oxygen atoms in total. The highest BCUT2D eigenvalue weighted by atomic mass is 32.1. The Hall–Kier alpha value is -0.710. The van der Waals surface area contributed by atoms with Gasteiger partial charge in [0.1, 0.15) is 0 Å². The number of aromatic nitrogens is 1. The number of hydrogen-bond acceptors (Lipinski definition) is 4. The lowest BCUT2D eigenvalue weighted by atomic mass is 10.1. The lowest BCUT2D eigenvalue weighted by molar-refractivity contribution is 0.177. The smallest absolute Gasteiger partial charge is 0.0897 e. The zero-order chi connectivity index (χ0) is 10.8. The fourth-order valence-corrected chi connectivity index (χ4v) is 3.05. The fraction of sp³-hybridized carbons (Fsp3) is 0.364. The van der Waals surface area contributed by atoms with Gasteiger partial charge in [-0.15, -0.1) is 11.3 Å². The molecular formula is C11H13NOS2. The van der Waals surface area contributed by atoms with Crippen molar-refractivity contribution in [3.8, 4) is 0 Å². The van der Waals surface area contributed by atoms with E-state index in [0.717, 1.165) is 16.3 Å². The molecule has 0 aliphatic rings. The molecule has 2 rings (SSSR count). The molecule has 0 aromatic carbocycles. The largest absolute Gasteiger partial charge is 0.388 e. The van der Waals surface area contributed by atoms with Crippen LogP contribution in [0.25, 0.3) is 0 Å². The predicted molar refractivity (Wildman–Crippen MR) is 64.6 cm³/mol. The highest BCUT2D eigenvalue weighted by molar-refractivity contribution is 7.09. The zero-order valence-corrected chi connectivity index (χ0v) is 10.4. The molecule has 0 radical (unpaired) electrons. The molecule has 2 aromatic heterocycles. The molecule has 0 bridgehead atoms. The van der Waals surface area contributed by atoms with E-state index >= 15 is 0 Å². The number of rotatable bonds is 3. The van der Waals surface area contributed by atoms with Gasteiger partial charge in [0.05, 0.1) is 16.8 Å². The van der Waals surface area contributed by atoms with E-state index < -0.39 is 6.10 Å². The molecule has 15 heavy (non-hydrogen) atoms. The van der Waals surface area contributed by atoms with E-state index in [0.29, 0.717) is 6.42 Å². The number of thiazole rings is 1. The minimum atomic E-state index is -0.419. The summed E-state index contributed by atoms with van der Waals surface area (Å²) in [6.07, 6.45) is 0.194. The third-order valence-electron chi connectivity index (χ3n) is 2.32. The summed E-state index contributed by atoms with van der Waals surface area (Å²) >= 11 is 3.26. The molecule has 1 N–H and O–H groups in total. The van der Waals surface area contributed by atoms with Gasteiger partial charge in [0.2, 0.25) is 0 Å². The van der Waals surface area contributed by atoms with E-state index in [-0.39, 0.29) is 0 Å². The van der Waals surface area contributed by atoms with E-state index in [1.807, 2.05) is 24.6 Å². The molecule has 0 fully saturated rings. The van der Waals surface area contributed by atoms with Gasteiger partial charge < -0.3 is 5.11 Å². The van der Waals surface area contributed by atoms with Crippen molar-refractivity contribution in [1.29, 1.82) is 0 Å². The van der Waals surface area contributed by atoms with Crippen LogP contribution in [-0.2, 0) is 6.42 Å². The molecule has 4 heteroatoms. The molecule has 0 amide bonds. The summed E-state index contributed by atoms with van der Waals surface area (Å²) in [4.78, 5) is 4.35. The first-order chi connectivity index (χ1) is 7.16. The Morgan fingerprint density at radius 1 is 1.33 bits per heavy atom. The monoisotopic (exact) mass is 239 g/mol. The summed E-state index contributed by atoms with van der Waals surface area (Å²) in [5.41, 5.74) is 3.18. The number of thiophene rings is 1. The Labute approximate surface area is 97.2 Å². The lowest BCUT2D eigenvalue weighted by Crippen LogP contribution is -2.02. The summed E-state index contributed by atoms with van der Waals surface area (Å²) in [5, 5.41) is 17.2. The summed E-state index contributed by atoms with van der Waals surface area (Å²) in [6, 6.07) is 0. The van der Waals surface area contributed by atoms with E-state index in [1.165, 1.54) is 5.56 Å². The minimum absolute atomic E-state index is 0.419. The van der Waals surface area contributed by atoms with Crippen LogP contribution in [0.4, 0.5) is 0 Å². The number of aliphatic hydroxyl groups excluding tert-OH is 1. The van der Waals surface area contributed by atoms with Crippen LogP contribution < -0.4 is 0 Å². The van der Waals surface area contributed by atoms with E-state index in [2.05, 4.69) is 10.4 Å². The molecule has 80 valence electrons. The molecule has 0 saturated heterocycles. The van der Waals surface area contributed by atoms with Gasteiger partial charge in [-0.05, 0) is 35.7 Å². The SMILES string of the molecule is Cc1nc(CC(O)c2cscc2C)cs1. The fourth-order valence-electron chi connectivity index (χ4n) is 1.52. The second-order valence-corrected chi connectivity index (χ2v) is 5.39. The Morgan fingerprint density at radius 2 is 2.13 bits per heavy atom. The predicted octanol–water partition coefficient (Wildman–Crippen LogP) is 3.10. The van der Waals surface area contributed by atoms with Crippen LogP contribution in [0.5, 0.6) is 0 Å². The second-order valence-electron chi connectivity index (χ2n) is 3.59. The van der Waals surface area contributed by atoms with Crippen LogP contribution in [0.1, 0.15) is 27.9 Å². The number of aryl methyl sites for hydroxylation is 2. The van der Waals surface area contributed by atoms with Crippen LogP contribution >= 0.6 is 22.7 Å². The summed E-state index contributed by atoms with van der Waals surface area (Å²) in [5.74, 6) is 0. The first-order valence-electron chi connectivity index (χ1n) is 4.78. The average Bonchev–Trinajstić information content (AvgIpc) is 2.75. The summed E-state index contributed by atoms with van der Waals surface area (Å²) in [6.45, 7) is 4.01. The molecule has 2 heterocycles. The van der Waals surface area contributed by atoms with E-state index in [1.54, 1.807) is 22.7 Å². The van der Waals surface area contributed by atoms with Crippen LogP contribution in [-0.4, -0.2) is 10.1 Å². The molecule has 0 aliphatic heterocycles. The second kappa shape index (κ2) is 4.43. The summed E-state index contributed by atoms with van der Waals surface area (Å²) < 4.78 is 0. The Morgan fingerprint density at radius 3 is 2.67 bits per heavy atom. The first kappa shape index (κ1) is 10.8. The maximum Gasteiger partial charge on any atom is 0.0897 e. The topological polar surface area (TPSA) is 33.1 Å². The van der Waals surface area contributed by atoms with Crippen molar-refractivity contribution in [2.75, 3.05) is 0 Å². The van der Waals surface area contributed by atoms with Gasteiger partial charge in [-0.1, -0.05) is 0 Å². The van der Waals surface area contributed by atoms with Gasteiger partial charge in [0.25, 0.3) is 0 Å². The van der Waals surface area contributed by atoms with Crippen molar-refractivity contribution < 1.29 is 5.11 Å². The van der Waals surface area contributed by atoms with Gasteiger partial charge in [0.15, 0.2) is 0 Å². The van der Waals surface area contributed by atoms with Crippen molar-refractivity contribution in [2.24, 2.45) is 0 Å². The standard InChI is InChI=1S/C11H13NOS2/c1-7-4-14-6-10(7)11(13)3-9-5-15-8(2)12-9/h4-6,11,13H,3H2,1-2H3. The minimum Gasteiger partial charge on any atom is -0.388 e. The molecule has 0 saturated carbocycles. The summed E-state index contributed by atoms with van der Waals surface area (Å²) in [7, 11) is 0. The van der Waals surface area contributed by atoms with Gasteiger partial charge in [-0.3, -0.25) is 0 Å². The van der Waals surface area contributed by atoms with Crippen LogP contribution in [0, 0.1) is 13.8 Å². The number of aliphatic hydroxyl groups is 1. The highest BCUT2D eigenvalue weighted by Crippen LogP contribution is 2.25. The van der Waals surface area contributed by atoms with Crippen LogP contribution in [0.15, 0.2) is 16.1 Å². The van der Waals surface area contributed by atoms with Crippen LogP contribution in [0.3, 0.4) is 0 Å². The maximum absolute atomic E-state index is 10.0. The Balaban J connectivity index is 2.10. The van der Waals surface area contributed by atoms with Gasteiger partial charge in [0, 0.05) is 11.8 Å².